The van der Waals surface area contributed by atoms with Crippen molar-refractivity contribution in [2.45, 2.75) is 109 Å². The maximum Gasteiger partial charge on any atom is 0.321 e. The third kappa shape index (κ3) is 15.3. The highest BCUT2D eigenvalue weighted by atomic mass is 16.4. The summed E-state index contributed by atoms with van der Waals surface area (Å²) in [5.74, 6) is -0.761. The average Bonchev–Trinajstić information content (AvgIpc) is 2.75. The van der Waals surface area contributed by atoms with Crippen LogP contribution in [0, 0.1) is 0 Å². The summed E-state index contributed by atoms with van der Waals surface area (Å²) in [7, 11) is 0. The lowest BCUT2D eigenvalue weighted by molar-refractivity contribution is -0.139. The number of hydrogen-bond donors (Lipinski definition) is 2. The van der Waals surface area contributed by atoms with Gasteiger partial charge >= 0.3 is 5.97 Å². The highest BCUT2D eigenvalue weighted by Gasteiger charge is 2.16. The fourth-order valence-electron chi connectivity index (χ4n) is 3.75. The maximum absolute atomic E-state index is 11.4. The first kappa shape index (κ1) is 26.4. The fraction of sp³-hybridized carbons (Fsp3) is 0.667. The van der Waals surface area contributed by atoms with Gasteiger partial charge in [0.1, 0.15) is 6.04 Å². The molecule has 0 aliphatic heterocycles. The molecule has 1 aromatic rings. The quantitative estimate of drug-likeness (QED) is 0.173. The van der Waals surface area contributed by atoms with Crippen molar-refractivity contribution in [1.82, 2.24) is 5.32 Å². The van der Waals surface area contributed by atoms with E-state index in [2.05, 4.69) is 24.4 Å². The summed E-state index contributed by atoms with van der Waals surface area (Å²) in [6.45, 7) is 3.05. The summed E-state index contributed by atoms with van der Waals surface area (Å²) in [5, 5.41) is 12.6. The van der Waals surface area contributed by atoms with E-state index in [4.69, 9.17) is 0 Å². The van der Waals surface area contributed by atoms with E-state index in [0.717, 1.165) is 18.5 Å². The van der Waals surface area contributed by atoms with Crippen molar-refractivity contribution in [3.63, 3.8) is 0 Å². The molecule has 0 heterocycles. The summed E-state index contributed by atoms with van der Waals surface area (Å²) in [6.07, 6.45) is 23.4. The molecule has 0 amide bonds. The Bertz CT molecular complexity index is 541. The summed E-state index contributed by atoms with van der Waals surface area (Å²) in [6, 6.07) is 9.36. The first-order valence-corrected chi connectivity index (χ1v) is 12.4. The van der Waals surface area contributed by atoms with Gasteiger partial charge in [-0.05, 0) is 50.6 Å². The van der Waals surface area contributed by atoms with Gasteiger partial charge in [0.05, 0.1) is 0 Å². The molecule has 0 saturated carbocycles. The van der Waals surface area contributed by atoms with Crippen LogP contribution >= 0.6 is 0 Å². The lowest BCUT2D eigenvalue weighted by atomic mass is 10.1. The zero-order valence-electron chi connectivity index (χ0n) is 19.3. The molecule has 30 heavy (non-hydrogen) atoms. The molecule has 1 rings (SSSR count). The maximum atomic E-state index is 11.4. The number of aliphatic carboxylic acids is 1. The molecule has 3 heteroatoms. The van der Waals surface area contributed by atoms with Crippen LogP contribution in [-0.2, 0) is 11.2 Å². The van der Waals surface area contributed by atoms with Crippen LogP contribution < -0.4 is 5.32 Å². The molecule has 3 nitrogen and oxygen atoms in total. The Morgan fingerprint density at radius 3 is 1.93 bits per heavy atom. The minimum Gasteiger partial charge on any atom is -0.480 e. The molecule has 2 N–H and O–H groups in total. The molecular formula is C27H45NO2. The predicted octanol–water partition coefficient (Wildman–Crippen LogP) is 7.31. The summed E-state index contributed by atoms with van der Waals surface area (Å²) >= 11 is 0. The Morgan fingerprint density at radius 1 is 0.833 bits per heavy atom. The van der Waals surface area contributed by atoms with Crippen LogP contribution in [0.1, 0.15) is 102 Å². The van der Waals surface area contributed by atoms with E-state index in [9.17, 15) is 9.90 Å². The van der Waals surface area contributed by atoms with Gasteiger partial charge in [-0.15, -0.1) is 0 Å². The number of hydrogen-bond acceptors (Lipinski definition) is 2. The molecule has 0 spiro atoms. The number of carbonyl (C=O) groups is 1. The van der Waals surface area contributed by atoms with Crippen molar-refractivity contribution in [3.8, 4) is 0 Å². The number of carboxylic acid groups (broad SMARTS) is 1. The molecule has 0 bridgehead atoms. The number of unbranched alkanes of at least 4 members (excludes halogenated alkanes) is 12. The van der Waals surface area contributed by atoms with E-state index in [1.807, 2.05) is 30.3 Å². The summed E-state index contributed by atoms with van der Waals surface area (Å²) in [4.78, 5) is 11.4. The van der Waals surface area contributed by atoms with Gasteiger partial charge < -0.3 is 10.4 Å². The zero-order valence-corrected chi connectivity index (χ0v) is 19.3. The molecule has 1 aromatic carbocycles. The molecule has 0 saturated heterocycles. The summed E-state index contributed by atoms with van der Waals surface area (Å²) in [5.41, 5.74) is 1.07. The smallest absolute Gasteiger partial charge is 0.321 e. The topological polar surface area (TPSA) is 49.3 Å². The largest absolute Gasteiger partial charge is 0.480 e. The summed E-state index contributed by atoms with van der Waals surface area (Å²) < 4.78 is 0. The van der Waals surface area contributed by atoms with Gasteiger partial charge in [-0.25, -0.2) is 0 Å². The monoisotopic (exact) mass is 415 g/mol. The van der Waals surface area contributed by atoms with Crippen molar-refractivity contribution in [1.29, 1.82) is 0 Å². The highest BCUT2D eigenvalue weighted by molar-refractivity contribution is 5.73. The molecule has 0 fully saturated rings. The van der Waals surface area contributed by atoms with Gasteiger partial charge in [-0.1, -0.05) is 107 Å². The van der Waals surface area contributed by atoms with Crippen LogP contribution in [0.5, 0.6) is 0 Å². The lowest BCUT2D eigenvalue weighted by Gasteiger charge is -2.14. The third-order valence-electron chi connectivity index (χ3n) is 5.66. The molecule has 170 valence electrons. The number of allylic oxidation sites excluding steroid dienone is 2. The van der Waals surface area contributed by atoms with E-state index in [1.54, 1.807) is 0 Å². The second kappa shape index (κ2) is 19.4. The second-order valence-electron chi connectivity index (χ2n) is 8.47. The molecular weight excluding hydrogens is 370 g/mol. The van der Waals surface area contributed by atoms with Crippen LogP contribution in [0.3, 0.4) is 0 Å². The van der Waals surface area contributed by atoms with Gasteiger partial charge in [0, 0.05) is 0 Å². The lowest BCUT2D eigenvalue weighted by Crippen LogP contribution is -2.39. The standard InChI is InChI=1S/C27H45NO2/c1-2-3-4-5-6-7-8-9-10-11-12-13-14-15-16-20-23-28-26(27(29)30)24-25-21-18-17-19-22-25/h9-10,17-19,21-22,26,28H,2-8,11-16,20,23-24H2,1H3,(H,29,30)/t26-/m0/s1. The van der Waals surface area contributed by atoms with Crippen LogP contribution in [-0.4, -0.2) is 23.7 Å². The van der Waals surface area contributed by atoms with E-state index >= 15 is 0 Å². The van der Waals surface area contributed by atoms with Crippen molar-refractivity contribution < 1.29 is 9.90 Å². The van der Waals surface area contributed by atoms with Crippen molar-refractivity contribution in [2.75, 3.05) is 6.54 Å². The molecule has 0 aliphatic carbocycles. The number of benzene rings is 1. The average molecular weight is 416 g/mol. The van der Waals surface area contributed by atoms with Gasteiger partial charge in [0.15, 0.2) is 0 Å². The SMILES string of the molecule is CCCCCCCCC=CCCCCCCCCN[C@@H](Cc1ccccc1)C(=O)O. The van der Waals surface area contributed by atoms with Gasteiger partial charge in [0.25, 0.3) is 0 Å². The Labute approximate surface area is 185 Å². The highest BCUT2D eigenvalue weighted by Crippen LogP contribution is 2.10. The molecule has 0 aromatic heterocycles. The number of rotatable bonds is 20. The van der Waals surface area contributed by atoms with Crippen LogP contribution in [0.15, 0.2) is 42.5 Å². The van der Waals surface area contributed by atoms with E-state index in [1.165, 1.54) is 83.5 Å². The van der Waals surface area contributed by atoms with Gasteiger partial charge in [-0.3, -0.25) is 4.79 Å². The second-order valence-corrected chi connectivity index (χ2v) is 8.47. The normalized spacial score (nSPS) is 12.4. The zero-order chi connectivity index (χ0) is 21.7. The molecule has 1 atom stereocenters. The number of nitrogens with one attached hydrogen (secondary N) is 1. The Kier molecular flexibility index (Phi) is 17.1. The minimum atomic E-state index is -0.761. The van der Waals surface area contributed by atoms with Crippen molar-refractivity contribution in [3.05, 3.63) is 48.0 Å². The predicted molar refractivity (Wildman–Crippen MR) is 129 cm³/mol. The van der Waals surface area contributed by atoms with Crippen LogP contribution in [0.4, 0.5) is 0 Å². The van der Waals surface area contributed by atoms with E-state index in [-0.39, 0.29) is 0 Å². The van der Waals surface area contributed by atoms with Crippen molar-refractivity contribution in [2.24, 2.45) is 0 Å². The van der Waals surface area contributed by atoms with E-state index in [0.29, 0.717) is 6.42 Å². The van der Waals surface area contributed by atoms with Gasteiger partial charge in [0.2, 0.25) is 0 Å². The van der Waals surface area contributed by atoms with Crippen molar-refractivity contribution >= 4 is 5.97 Å². The molecule has 0 unspecified atom stereocenters. The Morgan fingerprint density at radius 2 is 1.37 bits per heavy atom. The third-order valence-corrected chi connectivity index (χ3v) is 5.66. The van der Waals surface area contributed by atoms with Gasteiger partial charge in [-0.2, -0.15) is 0 Å². The Hall–Kier alpha value is -1.61. The molecule has 0 aliphatic rings. The van der Waals surface area contributed by atoms with Crippen LogP contribution in [0.25, 0.3) is 0 Å². The fourth-order valence-corrected chi connectivity index (χ4v) is 3.75. The van der Waals surface area contributed by atoms with Crippen LogP contribution in [0.2, 0.25) is 0 Å². The Balaban J connectivity index is 1.90. The first-order chi connectivity index (χ1) is 14.7. The molecule has 0 radical (unpaired) electrons. The first-order valence-electron chi connectivity index (χ1n) is 12.4. The number of carboxylic acids is 1. The van der Waals surface area contributed by atoms with E-state index < -0.39 is 12.0 Å². The minimum absolute atomic E-state index is 0.490.